The molecule has 0 atom stereocenters. The number of ether oxygens (including phenoxy) is 1. The van der Waals surface area contributed by atoms with Crippen molar-refractivity contribution in [2.45, 2.75) is 6.92 Å². The lowest BCUT2D eigenvalue weighted by atomic mass is 10.0. The average Bonchev–Trinajstić information content (AvgIpc) is 3.04. The maximum atomic E-state index is 5.58. The number of nitrogens with zero attached hydrogens (tertiary/aromatic N) is 4. The van der Waals surface area contributed by atoms with E-state index in [1.807, 2.05) is 61.2 Å². The van der Waals surface area contributed by atoms with Gasteiger partial charge in [0.2, 0.25) is 0 Å². The van der Waals surface area contributed by atoms with E-state index in [0.29, 0.717) is 6.61 Å². The van der Waals surface area contributed by atoms with Crippen molar-refractivity contribution in [2.75, 3.05) is 6.61 Å². The van der Waals surface area contributed by atoms with Gasteiger partial charge in [-0.2, -0.15) is 5.10 Å². The Bertz CT molecular complexity index is 1020. The predicted molar refractivity (Wildman–Crippen MR) is 98.3 cm³/mol. The molecule has 0 bridgehead atoms. The van der Waals surface area contributed by atoms with Crippen LogP contribution in [-0.2, 0) is 7.05 Å². The molecule has 0 aliphatic carbocycles. The SMILES string of the molecule is CCOc1ccc2c(-c3cn(C)nc3-c3ccccc3)ncnc2c1. The molecule has 0 N–H and O–H groups in total. The molecule has 0 aliphatic rings. The highest BCUT2D eigenvalue weighted by Gasteiger charge is 2.16. The fourth-order valence-corrected chi connectivity index (χ4v) is 2.98. The molecule has 25 heavy (non-hydrogen) atoms. The van der Waals surface area contributed by atoms with E-state index in [0.717, 1.165) is 39.2 Å². The van der Waals surface area contributed by atoms with E-state index in [1.165, 1.54) is 0 Å². The van der Waals surface area contributed by atoms with Crippen LogP contribution in [0.5, 0.6) is 5.75 Å². The van der Waals surface area contributed by atoms with Crippen molar-refractivity contribution in [3.63, 3.8) is 0 Å². The molecular weight excluding hydrogens is 312 g/mol. The molecule has 2 heterocycles. The summed E-state index contributed by atoms with van der Waals surface area (Å²) in [5.74, 6) is 0.814. The molecule has 5 nitrogen and oxygen atoms in total. The molecule has 0 saturated heterocycles. The predicted octanol–water partition coefficient (Wildman–Crippen LogP) is 4.10. The molecule has 0 radical (unpaired) electrons. The van der Waals surface area contributed by atoms with Gasteiger partial charge >= 0.3 is 0 Å². The van der Waals surface area contributed by atoms with Crippen LogP contribution in [0.2, 0.25) is 0 Å². The molecule has 0 fully saturated rings. The third-order valence-corrected chi connectivity index (χ3v) is 4.05. The highest BCUT2D eigenvalue weighted by molar-refractivity contribution is 5.96. The van der Waals surface area contributed by atoms with Crippen molar-refractivity contribution >= 4 is 10.9 Å². The molecule has 0 spiro atoms. The Balaban J connectivity index is 1.91. The van der Waals surface area contributed by atoms with Crippen molar-refractivity contribution in [1.82, 2.24) is 19.7 Å². The number of aryl methyl sites for hydroxylation is 1. The Morgan fingerprint density at radius 2 is 1.84 bits per heavy atom. The van der Waals surface area contributed by atoms with Gasteiger partial charge in [-0.15, -0.1) is 0 Å². The Labute approximate surface area is 145 Å². The van der Waals surface area contributed by atoms with Crippen LogP contribution in [0.1, 0.15) is 6.92 Å². The molecule has 0 amide bonds. The van der Waals surface area contributed by atoms with Crippen molar-refractivity contribution in [1.29, 1.82) is 0 Å². The van der Waals surface area contributed by atoms with Crippen LogP contribution in [0.15, 0.2) is 61.1 Å². The second kappa shape index (κ2) is 6.36. The summed E-state index contributed by atoms with van der Waals surface area (Å²) in [6, 6.07) is 16.1. The monoisotopic (exact) mass is 330 g/mol. The van der Waals surface area contributed by atoms with Crippen molar-refractivity contribution in [3.05, 3.63) is 61.1 Å². The number of benzene rings is 2. The second-order valence-electron chi connectivity index (χ2n) is 5.77. The molecule has 4 aromatic rings. The standard InChI is InChI=1S/C20H18N4O/c1-3-25-15-9-10-16-18(11-15)21-13-22-20(16)17-12-24(2)23-19(17)14-7-5-4-6-8-14/h4-13H,3H2,1-2H3. The van der Waals surface area contributed by atoms with E-state index in [-0.39, 0.29) is 0 Å². The lowest BCUT2D eigenvalue weighted by Gasteiger charge is -2.08. The Morgan fingerprint density at radius 1 is 1.00 bits per heavy atom. The zero-order chi connectivity index (χ0) is 17.2. The fourth-order valence-electron chi connectivity index (χ4n) is 2.98. The van der Waals surface area contributed by atoms with Gasteiger partial charge in [0.1, 0.15) is 17.8 Å². The summed E-state index contributed by atoms with van der Waals surface area (Å²) < 4.78 is 7.40. The summed E-state index contributed by atoms with van der Waals surface area (Å²) in [6.45, 7) is 2.60. The Morgan fingerprint density at radius 3 is 2.64 bits per heavy atom. The van der Waals surface area contributed by atoms with Crippen molar-refractivity contribution in [2.24, 2.45) is 7.05 Å². The smallest absolute Gasteiger partial charge is 0.121 e. The van der Waals surface area contributed by atoms with Crippen LogP contribution in [-0.4, -0.2) is 26.4 Å². The maximum Gasteiger partial charge on any atom is 0.121 e. The summed E-state index contributed by atoms with van der Waals surface area (Å²) in [7, 11) is 1.92. The number of fused-ring (bicyclic) bond motifs is 1. The maximum absolute atomic E-state index is 5.58. The summed E-state index contributed by atoms with van der Waals surface area (Å²) >= 11 is 0. The lowest BCUT2D eigenvalue weighted by molar-refractivity contribution is 0.340. The normalized spacial score (nSPS) is 11.0. The van der Waals surface area contributed by atoms with Gasteiger partial charge in [-0.05, 0) is 19.1 Å². The highest BCUT2D eigenvalue weighted by atomic mass is 16.5. The molecule has 2 aromatic heterocycles. The van der Waals surface area contributed by atoms with Gasteiger partial charge in [0.25, 0.3) is 0 Å². The van der Waals surface area contributed by atoms with E-state index >= 15 is 0 Å². The van der Waals surface area contributed by atoms with Gasteiger partial charge in [-0.1, -0.05) is 30.3 Å². The third-order valence-electron chi connectivity index (χ3n) is 4.05. The fraction of sp³-hybridized carbons (Fsp3) is 0.150. The number of hydrogen-bond donors (Lipinski definition) is 0. The van der Waals surface area contributed by atoms with Crippen LogP contribution >= 0.6 is 0 Å². The van der Waals surface area contributed by atoms with Gasteiger partial charge in [0.15, 0.2) is 0 Å². The molecule has 0 saturated carbocycles. The van der Waals surface area contributed by atoms with Gasteiger partial charge in [0.05, 0.1) is 17.8 Å². The van der Waals surface area contributed by atoms with Gasteiger partial charge in [-0.25, -0.2) is 9.97 Å². The number of aromatic nitrogens is 4. The molecule has 124 valence electrons. The van der Waals surface area contributed by atoms with E-state index in [9.17, 15) is 0 Å². The number of rotatable bonds is 4. The largest absolute Gasteiger partial charge is 0.494 e. The molecular formula is C20H18N4O. The zero-order valence-electron chi connectivity index (χ0n) is 14.2. The van der Waals surface area contributed by atoms with Crippen LogP contribution in [0.25, 0.3) is 33.4 Å². The average molecular weight is 330 g/mol. The molecule has 0 unspecified atom stereocenters. The van der Waals surface area contributed by atoms with Crippen LogP contribution in [0.3, 0.4) is 0 Å². The van der Waals surface area contributed by atoms with E-state index in [1.54, 1.807) is 6.33 Å². The molecule has 2 aromatic carbocycles. The minimum Gasteiger partial charge on any atom is -0.494 e. The lowest BCUT2D eigenvalue weighted by Crippen LogP contribution is -1.93. The zero-order valence-corrected chi connectivity index (χ0v) is 14.2. The summed E-state index contributed by atoms with van der Waals surface area (Å²) in [5, 5.41) is 5.63. The van der Waals surface area contributed by atoms with Crippen molar-refractivity contribution < 1.29 is 4.74 Å². The van der Waals surface area contributed by atoms with E-state index in [4.69, 9.17) is 4.74 Å². The van der Waals surface area contributed by atoms with Gasteiger partial charge < -0.3 is 4.74 Å². The first-order chi connectivity index (χ1) is 12.3. The van der Waals surface area contributed by atoms with E-state index in [2.05, 4.69) is 27.2 Å². The summed E-state index contributed by atoms with van der Waals surface area (Å²) in [6.07, 6.45) is 3.59. The van der Waals surface area contributed by atoms with Crippen LogP contribution in [0, 0.1) is 0 Å². The quantitative estimate of drug-likeness (QED) is 0.565. The first-order valence-electron chi connectivity index (χ1n) is 8.23. The van der Waals surface area contributed by atoms with Gasteiger partial charge in [0, 0.05) is 35.8 Å². The topological polar surface area (TPSA) is 52.8 Å². The minimum absolute atomic E-state index is 0.629. The first kappa shape index (κ1) is 15.3. The Kier molecular flexibility index (Phi) is 3.90. The minimum atomic E-state index is 0.629. The summed E-state index contributed by atoms with van der Waals surface area (Å²) in [5.41, 5.74) is 4.71. The number of hydrogen-bond acceptors (Lipinski definition) is 4. The van der Waals surface area contributed by atoms with Gasteiger partial charge in [-0.3, -0.25) is 4.68 Å². The van der Waals surface area contributed by atoms with Crippen LogP contribution in [0.4, 0.5) is 0 Å². The van der Waals surface area contributed by atoms with Crippen molar-refractivity contribution in [3.8, 4) is 28.3 Å². The summed E-state index contributed by atoms with van der Waals surface area (Å²) in [4.78, 5) is 8.95. The van der Waals surface area contributed by atoms with Crippen LogP contribution < -0.4 is 4.74 Å². The second-order valence-corrected chi connectivity index (χ2v) is 5.77. The highest BCUT2D eigenvalue weighted by Crippen LogP contribution is 2.34. The first-order valence-corrected chi connectivity index (χ1v) is 8.23. The van der Waals surface area contributed by atoms with E-state index < -0.39 is 0 Å². The molecule has 4 rings (SSSR count). The Hall–Kier alpha value is -3.21. The molecule has 5 heteroatoms. The molecule has 0 aliphatic heterocycles. The third kappa shape index (κ3) is 2.85.